The molecular weight excluding hydrogens is 310 g/mol. The fourth-order valence-electron chi connectivity index (χ4n) is 0. The summed E-state index contributed by atoms with van der Waals surface area (Å²) in [5.74, 6) is -3.33. The maximum absolute atomic E-state index is 9.00. The summed E-state index contributed by atoms with van der Waals surface area (Å²) in [4.78, 5) is 36.0. The van der Waals surface area contributed by atoms with E-state index < -0.39 is 23.9 Å². The Bertz CT molecular complexity index is 186. The van der Waals surface area contributed by atoms with Crippen molar-refractivity contribution in [2.45, 2.75) is 27.7 Å². The maximum atomic E-state index is 9.00. The van der Waals surface area contributed by atoms with Crippen molar-refractivity contribution in [2.75, 3.05) is 0 Å². The van der Waals surface area contributed by atoms with Crippen LogP contribution >= 0.6 is 0 Å². The first-order chi connectivity index (χ1) is 6.93. The van der Waals surface area contributed by atoms with Crippen LogP contribution in [0.5, 0.6) is 0 Å². The normalized spacial score (nSPS) is 5.26. The third kappa shape index (κ3) is 4330. The van der Waals surface area contributed by atoms with Crippen LogP contribution in [0, 0.1) is 0 Å². The van der Waals surface area contributed by atoms with Crippen molar-refractivity contribution in [1.82, 2.24) is 0 Å². The van der Waals surface area contributed by atoms with Crippen LogP contribution in [-0.4, -0.2) is 82.0 Å². The number of carboxylic acid groups (broad SMARTS) is 4. The number of carboxylic acids is 4. The van der Waals surface area contributed by atoms with Gasteiger partial charge in [0.1, 0.15) is 0 Å². The molecule has 104 valence electrons. The predicted octanol–water partition coefficient (Wildman–Crippen LogP) is -5.56. The van der Waals surface area contributed by atoms with E-state index >= 15 is 0 Å². The van der Waals surface area contributed by atoms with E-state index in [0.29, 0.717) is 0 Å². The molecule has 0 aliphatic rings. The third-order valence-electron chi connectivity index (χ3n) is 0. The van der Waals surface area contributed by atoms with Crippen LogP contribution in [0.15, 0.2) is 0 Å². The molecule has 0 radical (unpaired) electrons. The Hall–Kier alpha value is 1.14. The summed E-state index contributed by atoms with van der Waals surface area (Å²) in [6.07, 6.45) is 0. The van der Waals surface area contributed by atoms with Gasteiger partial charge in [0.2, 0.25) is 0 Å². The van der Waals surface area contributed by atoms with E-state index in [-0.39, 0.29) is 103 Å². The number of hydrogen-bond donors (Lipinski definition) is 4. The summed E-state index contributed by atoms with van der Waals surface area (Å²) in [5, 5.41) is 29.7. The molecule has 0 saturated carbocycles. The Kier molecular flexibility index (Phi) is 82.0. The molecule has 0 atom stereocenters. The molecule has 0 saturated heterocycles. The van der Waals surface area contributed by atoms with Crippen LogP contribution < -0.4 is 59.1 Å². The monoisotopic (exact) mass is 330 g/mol. The molecule has 0 spiro atoms. The Balaban J connectivity index is -0.00000000842. The van der Waals surface area contributed by atoms with Crippen molar-refractivity contribution in [3.05, 3.63) is 0 Å². The van der Waals surface area contributed by atoms with Gasteiger partial charge in [-0.1, -0.05) is 0 Å². The van der Waals surface area contributed by atoms with Gasteiger partial charge in [-0.15, -0.1) is 0 Å². The molecule has 0 aromatic rings. The molecule has 0 bridgehead atoms. The molecule has 4 N–H and O–H groups in total. The zero-order valence-corrected chi connectivity index (χ0v) is 18.3. The van der Waals surface area contributed by atoms with E-state index in [1.165, 1.54) is 0 Å². The molecule has 11 heteroatoms. The van der Waals surface area contributed by atoms with E-state index in [2.05, 4.69) is 0 Å². The molecule has 0 heterocycles. The van der Waals surface area contributed by atoms with E-state index in [1.807, 2.05) is 0 Å². The van der Waals surface area contributed by atoms with Gasteiger partial charge in [-0.2, -0.15) is 0 Å². The Morgan fingerprint density at radius 3 is 0.579 bits per heavy atom. The fraction of sp³-hybridized carbons (Fsp3) is 0.500. The van der Waals surface area contributed by atoms with Gasteiger partial charge in [-0.3, -0.25) is 19.2 Å². The van der Waals surface area contributed by atoms with Gasteiger partial charge < -0.3 is 26.1 Å². The average molecular weight is 330 g/mol. The van der Waals surface area contributed by atoms with Crippen molar-refractivity contribution in [3.8, 4) is 0 Å². The average Bonchev–Trinajstić information content (AvgIpc) is 1.76. The van der Waals surface area contributed by atoms with Crippen LogP contribution in [0.3, 0.4) is 0 Å². The molecule has 0 fully saturated rings. The second-order valence-corrected chi connectivity index (χ2v) is 2.08. The van der Waals surface area contributed by atoms with Gasteiger partial charge in [-0.25, -0.2) is 0 Å². The first kappa shape index (κ1) is 42.7. The smallest absolute Gasteiger partial charge is 1.00 e. The van der Waals surface area contributed by atoms with E-state index in [9.17, 15) is 0 Å². The van der Waals surface area contributed by atoms with E-state index in [1.54, 1.807) is 0 Å². The number of rotatable bonds is 0. The SMILES string of the molecule is CC(=O)O.CC(=O)O.CC(=O)O.CC(=O)O.[Ca+2].[H-].[H-].[H-].[H-].[Na+].[Na+]. The summed E-state index contributed by atoms with van der Waals surface area (Å²) in [6.45, 7) is 4.33. The van der Waals surface area contributed by atoms with Crippen molar-refractivity contribution < 1.29 is 104 Å². The Labute approximate surface area is 191 Å². The standard InChI is InChI=1S/4C2H4O2.Ca.2Na.4H/c4*1-2(3)4;;;;;;;/h4*1H3,(H,3,4);;;;;;;/q;;;;+2;2*+1;4*-1. The molecule has 8 nitrogen and oxygen atoms in total. The second-order valence-electron chi connectivity index (χ2n) is 2.08. The van der Waals surface area contributed by atoms with E-state index in [4.69, 9.17) is 39.6 Å². The maximum Gasteiger partial charge on any atom is 2.00 e. The van der Waals surface area contributed by atoms with Gasteiger partial charge in [0.15, 0.2) is 0 Å². The molecule has 0 aliphatic carbocycles. The summed E-state index contributed by atoms with van der Waals surface area (Å²) < 4.78 is 0. The predicted molar refractivity (Wildman–Crippen MR) is 63.4 cm³/mol. The first-order valence-electron chi connectivity index (χ1n) is 3.71. The van der Waals surface area contributed by atoms with Crippen LogP contribution in [-0.2, 0) is 19.2 Å². The quantitative estimate of drug-likeness (QED) is 0.321. The van der Waals surface area contributed by atoms with Crippen LogP contribution in [0.2, 0.25) is 0 Å². The summed E-state index contributed by atoms with van der Waals surface area (Å²) in [6, 6.07) is 0. The minimum absolute atomic E-state index is 0. The number of carbonyl (C=O) groups is 4. The third-order valence-corrected chi connectivity index (χ3v) is 0. The Morgan fingerprint density at radius 1 is 0.579 bits per heavy atom. The minimum Gasteiger partial charge on any atom is -1.00 e. The number of hydrogen-bond acceptors (Lipinski definition) is 4. The zero-order valence-electron chi connectivity index (χ0n) is 16.1. The minimum atomic E-state index is -0.833. The molecule has 0 aliphatic heterocycles. The van der Waals surface area contributed by atoms with Crippen molar-refractivity contribution in [1.29, 1.82) is 0 Å². The summed E-state index contributed by atoms with van der Waals surface area (Å²) in [5.41, 5.74) is 0. The molecule has 0 rings (SSSR count). The molecule has 19 heavy (non-hydrogen) atoms. The largest absolute Gasteiger partial charge is 2.00 e. The van der Waals surface area contributed by atoms with Crippen LogP contribution in [0.4, 0.5) is 0 Å². The van der Waals surface area contributed by atoms with Gasteiger partial charge in [-0.05, 0) is 0 Å². The van der Waals surface area contributed by atoms with E-state index in [0.717, 1.165) is 27.7 Å². The molecule has 0 unspecified atom stereocenters. The van der Waals surface area contributed by atoms with Crippen molar-refractivity contribution >= 4 is 61.6 Å². The van der Waals surface area contributed by atoms with Gasteiger partial charge in [0, 0.05) is 27.7 Å². The second kappa shape index (κ2) is 36.5. The van der Waals surface area contributed by atoms with Crippen LogP contribution in [0.1, 0.15) is 33.4 Å². The zero-order chi connectivity index (χ0) is 14.3. The van der Waals surface area contributed by atoms with Gasteiger partial charge in [0.05, 0.1) is 0 Å². The summed E-state index contributed by atoms with van der Waals surface area (Å²) in [7, 11) is 0. The van der Waals surface area contributed by atoms with Crippen molar-refractivity contribution in [2.24, 2.45) is 0 Å². The number of aliphatic carboxylic acids is 4. The van der Waals surface area contributed by atoms with Gasteiger partial charge >= 0.3 is 96.9 Å². The topological polar surface area (TPSA) is 149 Å². The van der Waals surface area contributed by atoms with Crippen LogP contribution in [0.25, 0.3) is 0 Å². The van der Waals surface area contributed by atoms with Gasteiger partial charge in [0.25, 0.3) is 23.9 Å². The molecular formula is C8H20CaNa2O8. The Morgan fingerprint density at radius 2 is 0.579 bits per heavy atom. The molecule has 0 aromatic carbocycles. The molecule has 0 aromatic heterocycles. The van der Waals surface area contributed by atoms with Crippen molar-refractivity contribution in [3.63, 3.8) is 0 Å². The first-order valence-corrected chi connectivity index (χ1v) is 3.71. The molecule has 0 amide bonds. The summed E-state index contributed by atoms with van der Waals surface area (Å²) >= 11 is 0. The fourth-order valence-corrected chi connectivity index (χ4v) is 0.